The van der Waals surface area contributed by atoms with Crippen molar-refractivity contribution in [1.82, 2.24) is 5.32 Å². The number of fused-ring (bicyclic) bond motifs is 1. The predicted molar refractivity (Wildman–Crippen MR) is 119 cm³/mol. The fourth-order valence-corrected chi connectivity index (χ4v) is 4.60. The van der Waals surface area contributed by atoms with Crippen LogP contribution in [0.2, 0.25) is 10.0 Å². The Hall–Kier alpha value is -3.07. The zero-order valence-electron chi connectivity index (χ0n) is 15.8. The zero-order valence-corrected chi connectivity index (χ0v) is 18.1. The van der Waals surface area contributed by atoms with Crippen LogP contribution in [0.3, 0.4) is 0 Å². The summed E-state index contributed by atoms with van der Waals surface area (Å²) >= 11 is 11.8. The molecule has 1 aliphatic rings. The second-order valence-electron chi connectivity index (χ2n) is 6.74. The molecule has 0 radical (unpaired) electrons. The molecule has 7 nitrogen and oxygen atoms in total. The molecule has 3 aromatic carbocycles. The molecule has 31 heavy (non-hydrogen) atoms. The van der Waals surface area contributed by atoms with Crippen LogP contribution in [0.5, 0.6) is 0 Å². The summed E-state index contributed by atoms with van der Waals surface area (Å²) in [5.41, 5.74) is 2.01. The molecule has 0 atom stereocenters. The number of anilines is 2. The van der Waals surface area contributed by atoms with Crippen LogP contribution in [0, 0.1) is 0 Å². The van der Waals surface area contributed by atoms with Crippen LogP contribution in [-0.4, -0.2) is 20.2 Å². The highest BCUT2D eigenvalue weighted by Crippen LogP contribution is 2.27. The first-order chi connectivity index (χ1) is 14.7. The van der Waals surface area contributed by atoms with Gasteiger partial charge in [0, 0.05) is 17.8 Å². The number of hydrogen-bond donors (Lipinski definition) is 3. The molecule has 1 aliphatic heterocycles. The van der Waals surface area contributed by atoms with Gasteiger partial charge in [-0.25, -0.2) is 8.42 Å². The first-order valence-electron chi connectivity index (χ1n) is 9.04. The Bertz CT molecular complexity index is 1330. The molecule has 1 heterocycles. The summed E-state index contributed by atoms with van der Waals surface area (Å²) in [7, 11) is -3.95. The van der Waals surface area contributed by atoms with Crippen LogP contribution in [0.25, 0.3) is 0 Å². The highest BCUT2D eigenvalue weighted by Gasteiger charge is 2.23. The molecule has 0 aliphatic carbocycles. The summed E-state index contributed by atoms with van der Waals surface area (Å²) in [6.45, 7) is 0.407. The zero-order chi connectivity index (χ0) is 22.2. The van der Waals surface area contributed by atoms with E-state index in [4.69, 9.17) is 23.2 Å². The molecule has 0 bridgehead atoms. The summed E-state index contributed by atoms with van der Waals surface area (Å²) in [5.74, 6) is -0.738. The minimum atomic E-state index is -3.95. The topological polar surface area (TPSA) is 104 Å². The van der Waals surface area contributed by atoms with E-state index in [0.29, 0.717) is 17.8 Å². The van der Waals surface area contributed by atoms with Crippen molar-refractivity contribution >= 4 is 56.4 Å². The molecular formula is C21H15Cl2N3O4S. The number of sulfonamides is 1. The predicted octanol–water partition coefficient (Wildman–Crippen LogP) is 4.29. The molecule has 3 aromatic rings. The summed E-state index contributed by atoms with van der Waals surface area (Å²) in [6.07, 6.45) is 0. The standard InChI is InChI=1S/C21H15Cl2N3O4S/c22-16-8-7-15(10-17(16)23)31(29,30)26-14-5-1-3-12(9-14)20(27)25-18-6-2-4-13-11-24-21(28)19(13)18/h1-10,26H,11H2,(H,24,28)(H,25,27). The summed E-state index contributed by atoms with van der Waals surface area (Å²) < 4.78 is 27.7. The Kier molecular flexibility index (Phi) is 5.62. The molecule has 0 saturated heterocycles. The number of nitrogens with one attached hydrogen (secondary N) is 3. The van der Waals surface area contributed by atoms with E-state index in [-0.39, 0.29) is 32.1 Å². The van der Waals surface area contributed by atoms with Crippen LogP contribution in [0.1, 0.15) is 26.3 Å². The second-order valence-corrected chi connectivity index (χ2v) is 9.24. The molecule has 158 valence electrons. The van der Waals surface area contributed by atoms with Crippen molar-refractivity contribution in [3.05, 3.63) is 87.4 Å². The lowest BCUT2D eigenvalue weighted by molar-refractivity contribution is 0.0966. The number of amides is 2. The summed E-state index contributed by atoms with van der Waals surface area (Å²) in [6, 6.07) is 15.1. The third-order valence-corrected chi connectivity index (χ3v) is 6.76. The Morgan fingerprint density at radius 3 is 2.52 bits per heavy atom. The molecule has 0 unspecified atom stereocenters. The molecule has 3 N–H and O–H groups in total. The lowest BCUT2D eigenvalue weighted by Gasteiger charge is -2.11. The van der Waals surface area contributed by atoms with E-state index < -0.39 is 15.9 Å². The largest absolute Gasteiger partial charge is 0.348 e. The Balaban J connectivity index is 1.56. The van der Waals surface area contributed by atoms with Gasteiger partial charge in [0.15, 0.2) is 0 Å². The van der Waals surface area contributed by atoms with Gasteiger partial charge in [-0.15, -0.1) is 0 Å². The normalized spacial score (nSPS) is 12.8. The molecule has 0 saturated carbocycles. The lowest BCUT2D eigenvalue weighted by Crippen LogP contribution is -2.18. The SMILES string of the molecule is O=C(Nc1cccc2c1C(=O)NC2)c1cccc(NS(=O)(=O)c2ccc(Cl)c(Cl)c2)c1. The van der Waals surface area contributed by atoms with Gasteiger partial charge in [0.1, 0.15) is 0 Å². The van der Waals surface area contributed by atoms with Crippen LogP contribution in [0.4, 0.5) is 11.4 Å². The number of hydrogen-bond acceptors (Lipinski definition) is 4. The molecule has 0 fully saturated rings. The van der Waals surface area contributed by atoms with Gasteiger partial charge in [-0.05, 0) is 48.0 Å². The number of carbonyl (C=O) groups is 2. The molecule has 0 spiro atoms. The fraction of sp³-hybridized carbons (Fsp3) is 0.0476. The van der Waals surface area contributed by atoms with Gasteiger partial charge in [0.05, 0.1) is 26.2 Å². The van der Waals surface area contributed by atoms with Crippen molar-refractivity contribution in [3.8, 4) is 0 Å². The van der Waals surface area contributed by atoms with E-state index in [9.17, 15) is 18.0 Å². The van der Waals surface area contributed by atoms with Crippen LogP contribution < -0.4 is 15.4 Å². The minimum absolute atomic E-state index is 0.0670. The Morgan fingerprint density at radius 1 is 0.968 bits per heavy atom. The highest BCUT2D eigenvalue weighted by molar-refractivity contribution is 7.92. The minimum Gasteiger partial charge on any atom is -0.348 e. The molecule has 10 heteroatoms. The monoisotopic (exact) mass is 475 g/mol. The van der Waals surface area contributed by atoms with Gasteiger partial charge in [0.2, 0.25) is 0 Å². The average Bonchev–Trinajstić information content (AvgIpc) is 3.12. The second kappa shape index (κ2) is 8.22. The first kappa shape index (κ1) is 21.2. The summed E-state index contributed by atoms with van der Waals surface area (Å²) in [5, 5.41) is 5.77. The molecule has 4 rings (SSSR count). The van der Waals surface area contributed by atoms with E-state index >= 15 is 0 Å². The van der Waals surface area contributed by atoms with Gasteiger partial charge < -0.3 is 10.6 Å². The Morgan fingerprint density at radius 2 is 1.74 bits per heavy atom. The highest BCUT2D eigenvalue weighted by atomic mass is 35.5. The quantitative estimate of drug-likeness (QED) is 0.511. The van der Waals surface area contributed by atoms with E-state index in [1.54, 1.807) is 24.3 Å². The first-order valence-corrected chi connectivity index (χ1v) is 11.3. The Labute approximate surface area is 188 Å². The average molecular weight is 476 g/mol. The molecular weight excluding hydrogens is 461 g/mol. The summed E-state index contributed by atoms with van der Waals surface area (Å²) in [4.78, 5) is 24.7. The van der Waals surface area contributed by atoms with Gasteiger partial charge in [-0.1, -0.05) is 41.4 Å². The fourth-order valence-electron chi connectivity index (χ4n) is 3.16. The maximum absolute atomic E-state index is 12.7. The number of carbonyl (C=O) groups excluding carboxylic acids is 2. The van der Waals surface area contributed by atoms with Crippen LogP contribution in [-0.2, 0) is 16.6 Å². The molecule has 0 aromatic heterocycles. The van der Waals surface area contributed by atoms with Crippen molar-refractivity contribution in [2.75, 3.05) is 10.0 Å². The maximum Gasteiger partial charge on any atom is 0.261 e. The smallest absolute Gasteiger partial charge is 0.261 e. The number of rotatable bonds is 5. The van der Waals surface area contributed by atoms with Crippen molar-refractivity contribution < 1.29 is 18.0 Å². The van der Waals surface area contributed by atoms with Crippen molar-refractivity contribution in [3.63, 3.8) is 0 Å². The van der Waals surface area contributed by atoms with E-state index in [1.165, 1.54) is 36.4 Å². The number of halogens is 2. The number of benzene rings is 3. The van der Waals surface area contributed by atoms with E-state index in [0.717, 1.165) is 5.56 Å². The van der Waals surface area contributed by atoms with Gasteiger partial charge in [-0.3, -0.25) is 14.3 Å². The van der Waals surface area contributed by atoms with Crippen molar-refractivity contribution in [1.29, 1.82) is 0 Å². The maximum atomic E-state index is 12.7. The van der Waals surface area contributed by atoms with Crippen molar-refractivity contribution in [2.24, 2.45) is 0 Å². The third-order valence-electron chi connectivity index (χ3n) is 4.64. The van der Waals surface area contributed by atoms with Gasteiger partial charge >= 0.3 is 0 Å². The van der Waals surface area contributed by atoms with Gasteiger partial charge in [-0.2, -0.15) is 0 Å². The van der Waals surface area contributed by atoms with E-state index in [1.807, 2.05) is 0 Å². The van der Waals surface area contributed by atoms with Crippen LogP contribution >= 0.6 is 23.2 Å². The van der Waals surface area contributed by atoms with E-state index in [2.05, 4.69) is 15.4 Å². The third kappa shape index (κ3) is 4.36. The van der Waals surface area contributed by atoms with Crippen LogP contribution in [0.15, 0.2) is 65.6 Å². The van der Waals surface area contributed by atoms with Crippen molar-refractivity contribution in [2.45, 2.75) is 11.4 Å². The van der Waals surface area contributed by atoms with Gasteiger partial charge in [0.25, 0.3) is 21.8 Å². The molecule has 2 amide bonds. The lowest BCUT2D eigenvalue weighted by atomic mass is 10.1.